The molecule has 0 radical (unpaired) electrons. The van der Waals surface area contributed by atoms with E-state index in [0.717, 1.165) is 12.8 Å². The van der Waals surface area contributed by atoms with Gasteiger partial charge in [-0.1, -0.05) is 25.1 Å². The van der Waals surface area contributed by atoms with Gasteiger partial charge in [-0.15, -0.1) is 16.4 Å². The summed E-state index contributed by atoms with van der Waals surface area (Å²) in [7, 11) is 0. The molecule has 1 aliphatic heterocycles. The molecule has 2 rings (SSSR count). The van der Waals surface area contributed by atoms with Crippen LogP contribution in [0.4, 0.5) is 0 Å². The average molecular weight is 283 g/mol. The summed E-state index contributed by atoms with van der Waals surface area (Å²) in [5.41, 5.74) is 6.40. The molecule has 0 bridgehead atoms. The molecule has 0 fully saturated rings. The zero-order valence-corrected chi connectivity index (χ0v) is 12.4. The Kier molecular flexibility index (Phi) is 3.68. The summed E-state index contributed by atoms with van der Waals surface area (Å²) in [4.78, 5) is 13.2. The van der Waals surface area contributed by atoms with E-state index in [2.05, 4.69) is 12.0 Å². The van der Waals surface area contributed by atoms with Crippen molar-refractivity contribution in [2.75, 3.05) is 0 Å². The third-order valence-corrected chi connectivity index (χ3v) is 4.61. The summed E-state index contributed by atoms with van der Waals surface area (Å²) in [5, 5.41) is 7.94. The van der Waals surface area contributed by atoms with E-state index in [1.807, 2.05) is 25.3 Å². The Balaban J connectivity index is 2.20. The van der Waals surface area contributed by atoms with Crippen LogP contribution >= 0.6 is 23.1 Å². The summed E-state index contributed by atoms with van der Waals surface area (Å²) in [6.45, 7) is 6.02. The zero-order chi connectivity index (χ0) is 13.3. The minimum absolute atomic E-state index is 0.0773. The number of rotatable bonds is 3. The first-order chi connectivity index (χ1) is 8.44. The Hall–Kier alpha value is -1.01. The number of amidine groups is 1. The average Bonchev–Trinajstić information content (AvgIpc) is 2.82. The molecular formula is C12H17N3OS2. The predicted molar refractivity (Wildman–Crippen MR) is 77.8 cm³/mol. The Bertz CT molecular complexity index is 493. The SMILES string of the molecule is CCCc1cc(C(=O)N2N=C(N)SC2(C)C)cs1. The third-order valence-electron chi connectivity index (χ3n) is 2.65. The van der Waals surface area contributed by atoms with Gasteiger partial charge in [0.05, 0.1) is 5.56 Å². The van der Waals surface area contributed by atoms with E-state index >= 15 is 0 Å². The second kappa shape index (κ2) is 4.93. The van der Waals surface area contributed by atoms with Crippen molar-refractivity contribution in [2.24, 2.45) is 10.8 Å². The van der Waals surface area contributed by atoms with Crippen LogP contribution in [0, 0.1) is 0 Å². The van der Waals surface area contributed by atoms with Crippen LogP contribution in [0.3, 0.4) is 0 Å². The highest BCUT2D eigenvalue weighted by Gasteiger charge is 2.38. The molecule has 0 unspecified atom stereocenters. The van der Waals surface area contributed by atoms with Gasteiger partial charge in [0.1, 0.15) is 4.87 Å². The van der Waals surface area contributed by atoms with Crippen molar-refractivity contribution in [1.29, 1.82) is 0 Å². The van der Waals surface area contributed by atoms with Gasteiger partial charge in [-0.2, -0.15) is 0 Å². The molecule has 1 aromatic heterocycles. The number of aryl methyl sites for hydroxylation is 1. The van der Waals surface area contributed by atoms with Crippen LogP contribution in [0.5, 0.6) is 0 Å². The predicted octanol–water partition coefficient (Wildman–Crippen LogP) is 2.86. The monoisotopic (exact) mass is 283 g/mol. The van der Waals surface area contributed by atoms with E-state index in [4.69, 9.17) is 5.73 Å². The number of hydrazone groups is 1. The maximum absolute atomic E-state index is 12.4. The fourth-order valence-electron chi connectivity index (χ4n) is 1.82. The van der Waals surface area contributed by atoms with Gasteiger partial charge in [-0.05, 0) is 26.3 Å². The van der Waals surface area contributed by atoms with E-state index in [-0.39, 0.29) is 5.91 Å². The van der Waals surface area contributed by atoms with Gasteiger partial charge in [0.25, 0.3) is 5.91 Å². The molecule has 0 spiro atoms. The lowest BCUT2D eigenvalue weighted by atomic mass is 10.2. The number of nitrogens with zero attached hydrogens (tertiary/aromatic N) is 2. The molecule has 0 saturated heterocycles. The van der Waals surface area contributed by atoms with Gasteiger partial charge in [-0.25, -0.2) is 5.01 Å². The van der Waals surface area contributed by atoms with Crippen molar-refractivity contribution in [3.63, 3.8) is 0 Å². The Morgan fingerprint density at radius 3 is 2.83 bits per heavy atom. The lowest BCUT2D eigenvalue weighted by Crippen LogP contribution is -2.38. The van der Waals surface area contributed by atoms with Gasteiger partial charge in [0.2, 0.25) is 0 Å². The Labute approximate surface area is 115 Å². The van der Waals surface area contributed by atoms with Crippen LogP contribution in [0.1, 0.15) is 42.4 Å². The molecule has 6 heteroatoms. The second-order valence-corrected chi connectivity index (χ2v) is 7.27. The molecule has 0 aromatic carbocycles. The smallest absolute Gasteiger partial charge is 0.276 e. The first-order valence-corrected chi connectivity index (χ1v) is 7.58. The molecule has 18 heavy (non-hydrogen) atoms. The standard InChI is InChI=1S/C12H17N3OS2/c1-4-5-9-6-8(7-17-9)10(16)15-12(2,3)18-11(13)14-15/h6-7H,4-5H2,1-3H3,(H2,13,14). The van der Waals surface area contributed by atoms with Gasteiger partial charge < -0.3 is 5.73 Å². The lowest BCUT2D eigenvalue weighted by Gasteiger charge is -2.26. The van der Waals surface area contributed by atoms with Crippen molar-refractivity contribution in [1.82, 2.24) is 5.01 Å². The fraction of sp³-hybridized carbons (Fsp3) is 0.500. The molecule has 1 aliphatic rings. The van der Waals surface area contributed by atoms with Crippen molar-refractivity contribution in [3.8, 4) is 0 Å². The van der Waals surface area contributed by atoms with Gasteiger partial charge in [-0.3, -0.25) is 4.79 Å². The number of hydrogen-bond donors (Lipinski definition) is 1. The molecule has 2 N–H and O–H groups in total. The normalized spacial score (nSPS) is 17.9. The summed E-state index contributed by atoms with van der Waals surface area (Å²) < 4.78 is 0. The number of amides is 1. The van der Waals surface area contributed by atoms with E-state index in [1.165, 1.54) is 21.6 Å². The number of carbonyl (C=O) groups is 1. The molecule has 0 saturated carbocycles. The van der Waals surface area contributed by atoms with Crippen molar-refractivity contribution in [3.05, 3.63) is 21.9 Å². The Morgan fingerprint density at radius 2 is 2.28 bits per heavy atom. The van der Waals surface area contributed by atoms with E-state index < -0.39 is 4.87 Å². The first-order valence-electron chi connectivity index (χ1n) is 5.89. The number of nitrogens with two attached hydrogens (primary N) is 1. The van der Waals surface area contributed by atoms with Gasteiger partial charge >= 0.3 is 0 Å². The number of carbonyl (C=O) groups excluding carboxylic acids is 1. The van der Waals surface area contributed by atoms with Crippen LogP contribution in [0.25, 0.3) is 0 Å². The second-order valence-electron chi connectivity index (χ2n) is 4.66. The summed E-state index contributed by atoms with van der Waals surface area (Å²) >= 11 is 3.04. The van der Waals surface area contributed by atoms with E-state index in [9.17, 15) is 4.79 Å². The molecule has 98 valence electrons. The van der Waals surface area contributed by atoms with Crippen LogP contribution in [-0.2, 0) is 6.42 Å². The molecule has 0 atom stereocenters. The van der Waals surface area contributed by atoms with E-state index in [1.54, 1.807) is 11.3 Å². The maximum Gasteiger partial charge on any atom is 0.276 e. The molecule has 1 amide bonds. The van der Waals surface area contributed by atoms with Crippen molar-refractivity contribution < 1.29 is 4.79 Å². The van der Waals surface area contributed by atoms with Crippen LogP contribution < -0.4 is 5.73 Å². The highest BCUT2D eigenvalue weighted by Crippen LogP contribution is 2.36. The largest absolute Gasteiger partial charge is 0.377 e. The highest BCUT2D eigenvalue weighted by molar-refractivity contribution is 8.15. The lowest BCUT2D eigenvalue weighted by molar-refractivity contribution is 0.0692. The topological polar surface area (TPSA) is 58.7 Å². The van der Waals surface area contributed by atoms with Crippen molar-refractivity contribution >= 4 is 34.2 Å². The maximum atomic E-state index is 12.4. The summed E-state index contributed by atoms with van der Waals surface area (Å²) in [6, 6.07) is 1.96. The zero-order valence-electron chi connectivity index (χ0n) is 10.8. The molecule has 0 aliphatic carbocycles. The number of thiophene rings is 1. The third kappa shape index (κ3) is 2.54. The van der Waals surface area contributed by atoms with Crippen molar-refractivity contribution in [2.45, 2.75) is 38.5 Å². The molecular weight excluding hydrogens is 266 g/mol. The van der Waals surface area contributed by atoms with E-state index in [0.29, 0.717) is 10.7 Å². The van der Waals surface area contributed by atoms with Crippen LogP contribution in [-0.4, -0.2) is 21.0 Å². The number of hydrogen-bond acceptors (Lipinski definition) is 5. The summed E-state index contributed by atoms with van der Waals surface area (Å²) in [6.07, 6.45) is 2.10. The number of thioether (sulfide) groups is 1. The van der Waals surface area contributed by atoms with Gasteiger partial charge in [0, 0.05) is 10.3 Å². The Morgan fingerprint density at radius 1 is 1.56 bits per heavy atom. The van der Waals surface area contributed by atoms with Crippen LogP contribution in [0.15, 0.2) is 16.5 Å². The minimum Gasteiger partial charge on any atom is -0.377 e. The molecule has 2 heterocycles. The van der Waals surface area contributed by atoms with Gasteiger partial charge in [0.15, 0.2) is 5.17 Å². The first kappa shape index (κ1) is 13.4. The molecule has 1 aromatic rings. The quantitative estimate of drug-likeness (QED) is 0.928. The van der Waals surface area contributed by atoms with Crippen LogP contribution in [0.2, 0.25) is 0 Å². The fourth-order valence-corrected chi connectivity index (χ4v) is 3.63. The minimum atomic E-state index is -0.409. The molecule has 4 nitrogen and oxygen atoms in total. The highest BCUT2D eigenvalue weighted by atomic mass is 32.2. The summed E-state index contributed by atoms with van der Waals surface area (Å²) in [5.74, 6) is -0.0773.